The average molecular weight is 276 g/mol. The summed E-state index contributed by atoms with van der Waals surface area (Å²) in [5.41, 5.74) is 3.53. The van der Waals surface area contributed by atoms with Crippen molar-refractivity contribution in [2.45, 2.75) is 38.0 Å². The summed E-state index contributed by atoms with van der Waals surface area (Å²) in [5.74, 6) is 1.83. The molecule has 0 aliphatic heterocycles. The lowest BCUT2D eigenvalue weighted by Crippen LogP contribution is -2.11. The number of aromatic nitrogens is 1. The van der Waals surface area contributed by atoms with Crippen molar-refractivity contribution in [2.75, 3.05) is 6.54 Å². The number of rotatable bonds is 6. The molecule has 3 nitrogen and oxygen atoms in total. The van der Waals surface area contributed by atoms with Gasteiger partial charge in [-0.2, -0.15) is 0 Å². The van der Waals surface area contributed by atoms with E-state index in [0.717, 1.165) is 30.3 Å². The highest BCUT2D eigenvalue weighted by Gasteiger charge is 2.09. The molecule has 2 aromatic rings. The van der Waals surface area contributed by atoms with Crippen molar-refractivity contribution in [1.29, 1.82) is 0 Å². The zero-order chi connectivity index (χ0) is 13.7. The number of nitrogens with one attached hydrogen (secondary N) is 1. The van der Waals surface area contributed by atoms with Crippen LogP contribution in [0.4, 0.5) is 0 Å². The third kappa shape index (κ3) is 3.85. The first-order valence-electron chi connectivity index (χ1n) is 6.55. The van der Waals surface area contributed by atoms with Crippen LogP contribution < -0.4 is 5.32 Å². The Morgan fingerprint density at radius 1 is 1.32 bits per heavy atom. The van der Waals surface area contributed by atoms with Crippen LogP contribution in [0.25, 0.3) is 0 Å². The lowest BCUT2D eigenvalue weighted by atomic mass is 10.2. The minimum atomic E-state index is 0.909. The highest BCUT2D eigenvalue weighted by Crippen LogP contribution is 2.26. The first-order valence-corrected chi connectivity index (χ1v) is 7.53. The largest absolute Gasteiger partial charge is 0.361 e. The number of hydrogen-bond donors (Lipinski definition) is 1. The van der Waals surface area contributed by atoms with Gasteiger partial charge in [0.05, 0.1) is 5.69 Å². The Bertz CT molecular complexity index is 517. The number of thioether (sulfide) groups is 1. The van der Waals surface area contributed by atoms with Gasteiger partial charge in [0, 0.05) is 22.8 Å². The molecular formula is C15H20N2OS. The topological polar surface area (TPSA) is 38.1 Å². The average Bonchev–Trinajstić information content (AvgIpc) is 2.74. The third-order valence-electron chi connectivity index (χ3n) is 3.04. The molecule has 0 atom stereocenters. The molecule has 1 heterocycles. The van der Waals surface area contributed by atoms with Gasteiger partial charge < -0.3 is 9.84 Å². The van der Waals surface area contributed by atoms with E-state index in [1.807, 2.05) is 25.6 Å². The Labute approximate surface area is 118 Å². The summed E-state index contributed by atoms with van der Waals surface area (Å²) in [6, 6.07) is 8.66. The first-order chi connectivity index (χ1) is 9.20. The molecule has 0 saturated carbocycles. The van der Waals surface area contributed by atoms with E-state index in [4.69, 9.17) is 4.52 Å². The van der Waals surface area contributed by atoms with Gasteiger partial charge in [-0.15, -0.1) is 11.8 Å². The fraction of sp³-hybridized carbons (Fsp3) is 0.400. The minimum absolute atomic E-state index is 0.909. The van der Waals surface area contributed by atoms with Crippen LogP contribution in [0.5, 0.6) is 0 Å². The van der Waals surface area contributed by atoms with Gasteiger partial charge in [-0.25, -0.2) is 0 Å². The van der Waals surface area contributed by atoms with Gasteiger partial charge in [-0.1, -0.05) is 24.2 Å². The summed E-state index contributed by atoms with van der Waals surface area (Å²) >= 11 is 1.83. The fourth-order valence-electron chi connectivity index (χ4n) is 1.88. The maximum Gasteiger partial charge on any atom is 0.137 e. The van der Waals surface area contributed by atoms with Crippen LogP contribution in [0.2, 0.25) is 0 Å². The van der Waals surface area contributed by atoms with Gasteiger partial charge in [0.2, 0.25) is 0 Å². The van der Waals surface area contributed by atoms with Crippen molar-refractivity contribution in [2.24, 2.45) is 0 Å². The van der Waals surface area contributed by atoms with E-state index >= 15 is 0 Å². The molecule has 0 amide bonds. The summed E-state index contributed by atoms with van der Waals surface area (Å²) in [6.45, 7) is 8.01. The fourth-order valence-corrected chi connectivity index (χ4v) is 3.01. The van der Waals surface area contributed by atoms with Crippen LogP contribution in [0, 0.1) is 13.8 Å². The molecule has 19 heavy (non-hydrogen) atoms. The lowest BCUT2D eigenvalue weighted by molar-refractivity contribution is 0.392. The smallest absolute Gasteiger partial charge is 0.137 e. The second-order valence-electron chi connectivity index (χ2n) is 4.52. The van der Waals surface area contributed by atoms with Gasteiger partial charge in [-0.05, 0) is 38.1 Å². The Kier molecular flexibility index (Phi) is 5.05. The molecule has 1 N–H and O–H groups in total. The van der Waals surface area contributed by atoms with Crippen molar-refractivity contribution in [3.8, 4) is 0 Å². The molecule has 1 aromatic heterocycles. The van der Waals surface area contributed by atoms with Gasteiger partial charge in [0.15, 0.2) is 0 Å². The molecule has 0 radical (unpaired) electrons. The maximum atomic E-state index is 5.19. The second kappa shape index (κ2) is 6.78. The quantitative estimate of drug-likeness (QED) is 0.817. The van der Waals surface area contributed by atoms with E-state index in [0.29, 0.717) is 0 Å². The van der Waals surface area contributed by atoms with Crippen molar-refractivity contribution >= 4 is 11.8 Å². The molecule has 0 spiro atoms. The molecule has 0 aliphatic rings. The van der Waals surface area contributed by atoms with Crippen LogP contribution >= 0.6 is 11.8 Å². The van der Waals surface area contributed by atoms with Crippen molar-refractivity contribution < 1.29 is 4.52 Å². The molecule has 0 fully saturated rings. The van der Waals surface area contributed by atoms with Crippen LogP contribution in [-0.2, 0) is 12.3 Å². The molecule has 102 valence electrons. The van der Waals surface area contributed by atoms with Crippen LogP contribution in [0.1, 0.15) is 29.5 Å². The second-order valence-corrected chi connectivity index (χ2v) is 5.57. The van der Waals surface area contributed by atoms with Gasteiger partial charge in [0.1, 0.15) is 5.76 Å². The summed E-state index contributed by atoms with van der Waals surface area (Å²) in [7, 11) is 0. The molecule has 0 aliphatic carbocycles. The zero-order valence-corrected chi connectivity index (χ0v) is 12.5. The number of aryl methyl sites for hydroxylation is 2. The summed E-state index contributed by atoms with van der Waals surface area (Å²) < 4.78 is 5.19. The third-order valence-corrected chi connectivity index (χ3v) is 4.06. The zero-order valence-electron chi connectivity index (χ0n) is 11.7. The van der Waals surface area contributed by atoms with Gasteiger partial charge >= 0.3 is 0 Å². The molecule has 0 bridgehead atoms. The van der Waals surface area contributed by atoms with E-state index in [1.54, 1.807) is 0 Å². The summed E-state index contributed by atoms with van der Waals surface area (Å²) in [4.78, 5) is 1.29. The van der Waals surface area contributed by atoms with Crippen molar-refractivity contribution in [3.05, 3.63) is 46.8 Å². The normalized spacial score (nSPS) is 10.9. The predicted molar refractivity (Wildman–Crippen MR) is 79.4 cm³/mol. The first kappa shape index (κ1) is 14.2. The number of nitrogens with zero attached hydrogens (tertiary/aromatic N) is 1. The van der Waals surface area contributed by atoms with E-state index in [2.05, 4.69) is 41.7 Å². The van der Waals surface area contributed by atoms with Gasteiger partial charge in [-0.3, -0.25) is 0 Å². The predicted octanol–water partition coefficient (Wildman–Crippen LogP) is 3.69. The Balaban J connectivity index is 1.99. The van der Waals surface area contributed by atoms with Crippen LogP contribution in [-0.4, -0.2) is 11.7 Å². The van der Waals surface area contributed by atoms with Crippen molar-refractivity contribution in [1.82, 2.24) is 10.5 Å². The molecular weight excluding hydrogens is 256 g/mol. The minimum Gasteiger partial charge on any atom is -0.361 e. The lowest BCUT2D eigenvalue weighted by Gasteiger charge is -2.05. The van der Waals surface area contributed by atoms with Crippen LogP contribution in [0.15, 0.2) is 33.7 Å². The highest BCUT2D eigenvalue weighted by molar-refractivity contribution is 7.98. The van der Waals surface area contributed by atoms with E-state index in [9.17, 15) is 0 Å². The Hall–Kier alpha value is -1.26. The molecule has 4 heteroatoms. The van der Waals surface area contributed by atoms with E-state index in [-0.39, 0.29) is 0 Å². The molecule has 0 unspecified atom stereocenters. The number of benzene rings is 1. The Morgan fingerprint density at radius 2 is 2.16 bits per heavy atom. The van der Waals surface area contributed by atoms with E-state index in [1.165, 1.54) is 16.0 Å². The summed E-state index contributed by atoms with van der Waals surface area (Å²) in [6.07, 6.45) is 0. The molecule has 2 rings (SSSR count). The molecule has 0 saturated heterocycles. The molecule has 1 aromatic carbocycles. The van der Waals surface area contributed by atoms with Crippen molar-refractivity contribution in [3.63, 3.8) is 0 Å². The highest BCUT2D eigenvalue weighted by atomic mass is 32.2. The monoisotopic (exact) mass is 276 g/mol. The van der Waals surface area contributed by atoms with Gasteiger partial charge in [0.25, 0.3) is 0 Å². The standard InChI is InChI=1S/C15H20N2OS/c1-4-16-9-13-6-5-7-14(8-13)19-10-15-11(2)17-18-12(15)3/h5-8,16H,4,9-10H2,1-3H3. The Morgan fingerprint density at radius 3 is 2.84 bits per heavy atom. The maximum absolute atomic E-state index is 5.19. The SMILES string of the molecule is CCNCc1cccc(SCc2c(C)noc2C)c1. The summed E-state index contributed by atoms with van der Waals surface area (Å²) in [5, 5.41) is 7.33. The van der Waals surface area contributed by atoms with Crippen LogP contribution in [0.3, 0.4) is 0 Å². The van der Waals surface area contributed by atoms with E-state index < -0.39 is 0 Å². The number of hydrogen-bond acceptors (Lipinski definition) is 4.